The Morgan fingerprint density at radius 1 is 1.40 bits per heavy atom. The number of carboxylic acids is 1. The zero-order valence-electron chi connectivity index (χ0n) is 11.2. The fourth-order valence-electron chi connectivity index (χ4n) is 1.71. The summed E-state index contributed by atoms with van der Waals surface area (Å²) in [5.74, 6) is 0.205. The fourth-order valence-corrected chi connectivity index (χ4v) is 2.12. The molecule has 0 fully saturated rings. The highest BCUT2D eigenvalue weighted by atomic mass is 32.2. The van der Waals surface area contributed by atoms with Crippen LogP contribution in [0, 0.1) is 0 Å². The van der Waals surface area contributed by atoms with Crippen molar-refractivity contribution in [2.45, 2.75) is 6.42 Å². The molecule has 0 aliphatic carbocycles. The van der Waals surface area contributed by atoms with Crippen LogP contribution in [0.25, 0.3) is 5.69 Å². The van der Waals surface area contributed by atoms with Gasteiger partial charge in [0.1, 0.15) is 0 Å². The van der Waals surface area contributed by atoms with Crippen molar-refractivity contribution in [2.75, 3.05) is 18.6 Å². The normalized spacial score (nSPS) is 10.4. The summed E-state index contributed by atoms with van der Waals surface area (Å²) >= 11 is 1.73. The summed E-state index contributed by atoms with van der Waals surface area (Å²) in [6.07, 6.45) is 4.50. The largest absolute Gasteiger partial charge is 0.489 e. The second-order valence-electron chi connectivity index (χ2n) is 4.12. The highest BCUT2D eigenvalue weighted by molar-refractivity contribution is 7.98. The first-order valence-electron chi connectivity index (χ1n) is 6.22. The second kappa shape index (κ2) is 7.00. The fraction of sp³-hybridized carbons (Fsp3) is 0.286. The molecule has 0 radical (unpaired) electrons. The number of benzene rings is 1. The van der Waals surface area contributed by atoms with Crippen molar-refractivity contribution in [2.24, 2.45) is 0 Å². The molecule has 0 aliphatic heterocycles. The lowest BCUT2D eigenvalue weighted by Gasteiger charge is -2.03. The van der Waals surface area contributed by atoms with Crippen molar-refractivity contribution in [1.82, 2.24) is 9.78 Å². The minimum atomic E-state index is -1.08. The van der Waals surface area contributed by atoms with Crippen LogP contribution in [0.5, 0.6) is 5.75 Å². The number of aromatic carboxylic acids is 1. The number of thioether (sulfide) groups is 1. The molecule has 1 aromatic carbocycles. The van der Waals surface area contributed by atoms with E-state index in [2.05, 4.69) is 5.10 Å². The minimum absolute atomic E-state index is 0.0574. The molecule has 0 aliphatic rings. The van der Waals surface area contributed by atoms with Crippen molar-refractivity contribution in [3.63, 3.8) is 0 Å². The van der Waals surface area contributed by atoms with Crippen LogP contribution < -0.4 is 4.74 Å². The molecule has 0 atom stereocenters. The van der Waals surface area contributed by atoms with Gasteiger partial charge in [-0.15, -0.1) is 0 Å². The Morgan fingerprint density at radius 2 is 2.15 bits per heavy atom. The summed E-state index contributed by atoms with van der Waals surface area (Å²) in [7, 11) is 0. The maximum absolute atomic E-state index is 11.2. The van der Waals surface area contributed by atoms with Gasteiger partial charge in [0, 0.05) is 0 Å². The van der Waals surface area contributed by atoms with Gasteiger partial charge >= 0.3 is 5.97 Å². The molecule has 1 aromatic heterocycles. The molecule has 6 heteroatoms. The van der Waals surface area contributed by atoms with Crippen LogP contribution in [0.2, 0.25) is 0 Å². The van der Waals surface area contributed by atoms with Crippen LogP contribution in [-0.4, -0.2) is 39.5 Å². The summed E-state index contributed by atoms with van der Waals surface area (Å²) in [4.78, 5) is 11.2. The molecule has 20 heavy (non-hydrogen) atoms. The van der Waals surface area contributed by atoms with Gasteiger partial charge in [-0.2, -0.15) is 16.9 Å². The lowest BCUT2D eigenvalue weighted by Crippen LogP contribution is -2.04. The number of hydrogen-bond donors (Lipinski definition) is 1. The van der Waals surface area contributed by atoms with Gasteiger partial charge in [-0.3, -0.25) is 0 Å². The van der Waals surface area contributed by atoms with Crippen LogP contribution in [0.15, 0.2) is 36.5 Å². The minimum Gasteiger partial charge on any atom is -0.489 e. The van der Waals surface area contributed by atoms with Crippen LogP contribution in [0.3, 0.4) is 0 Å². The van der Waals surface area contributed by atoms with Gasteiger partial charge < -0.3 is 9.84 Å². The lowest BCUT2D eigenvalue weighted by molar-refractivity contribution is 0.0685. The second-order valence-corrected chi connectivity index (χ2v) is 5.11. The summed E-state index contributed by atoms with van der Waals surface area (Å²) in [6.45, 7) is 0.488. The molecule has 1 heterocycles. The molecular weight excluding hydrogens is 276 g/mol. The molecule has 0 unspecified atom stereocenters. The third-order valence-corrected chi connectivity index (χ3v) is 3.35. The average molecular weight is 292 g/mol. The highest BCUT2D eigenvalue weighted by Crippen LogP contribution is 2.20. The first kappa shape index (κ1) is 14.5. The van der Waals surface area contributed by atoms with Gasteiger partial charge in [0.2, 0.25) is 5.69 Å². The Hall–Kier alpha value is -1.95. The Kier molecular flexibility index (Phi) is 5.06. The van der Waals surface area contributed by atoms with Gasteiger partial charge in [-0.1, -0.05) is 18.2 Å². The number of carbonyl (C=O) groups is 1. The van der Waals surface area contributed by atoms with Crippen LogP contribution in [0.4, 0.5) is 0 Å². The van der Waals surface area contributed by atoms with Crippen LogP contribution in [-0.2, 0) is 0 Å². The quantitative estimate of drug-likeness (QED) is 0.795. The third kappa shape index (κ3) is 3.54. The smallest absolute Gasteiger partial charge is 0.360 e. The monoisotopic (exact) mass is 292 g/mol. The predicted octanol–water partition coefficient (Wildman–Crippen LogP) is 2.70. The lowest BCUT2D eigenvalue weighted by atomic mass is 10.3. The van der Waals surface area contributed by atoms with E-state index in [4.69, 9.17) is 9.84 Å². The van der Waals surface area contributed by atoms with Crippen molar-refractivity contribution < 1.29 is 14.6 Å². The Bertz CT molecular complexity index is 569. The summed E-state index contributed by atoms with van der Waals surface area (Å²) in [5, 5.41) is 13.2. The van der Waals surface area contributed by atoms with Crippen molar-refractivity contribution in [1.29, 1.82) is 0 Å². The molecule has 0 amide bonds. The molecule has 2 aromatic rings. The topological polar surface area (TPSA) is 64.4 Å². The summed E-state index contributed by atoms with van der Waals surface area (Å²) in [5.41, 5.74) is 0.743. The number of ether oxygens (including phenoxy) is 1. The molecule has 1 N–H and O–H groups in total. The maximum atomic E-state index is 11.2. The Balaban J connectivity index is 2.18. The van der Waals surface area contributed by atoms with Gasteiger partial charge in [-0.25, -0.2) is 9.48 Å². The number of aromatic nitrogens is 2. The Morgan fingerprint density at radius 3 is 2.80 bits per heavy atom. The van der Waals surface area contributed by atoms with E-state index >= 15 is 0 Å². The molecular formula is C14H16N2O3S. The van der Waals surface area contributed by atoms with E-state index in [-0.39, 0.29) is 5.69 Å². The van der Waals surface area contributed by atoms with Gasteiger partial charge in [-0.05, 0) is 30.6 Å². The molecule has 0 saturated heterocycles. The average Bonchev–Trinajstić information content (AvgIpc) is 2.89. The van der Waals surface area contributed by atoms with Crippen LogP contribution in [0.1, 0.15) is 16.9 Å². The first-order valence-corrected chi connectivity index (χ1v) is 7.62. The molecule has 5 nitrogen and oxygen atoms in total. The van der Waals surface area contributed by atoms with Gasteiger partial charge in [0.05, 0.1) is 18.5 Å². The first-order chi connectivity index (χ1) is 9.72. The molecule has 2 rings (SSSR count). The van der Waals surface area contributed by atoms with E-state index in [0.29, 0.717) is 12.4 Å². The highest BCUT2D eigenvalue weighted by Gasteiger charge is 2.17. The maximum Gasteiger partial charge on any atom is 0.360 e. The van der Waals surface area contributed by atoms with E-state index in [0.717, 1.165) is 17.9 Å². The SMILES string of the molecule is CSCCCOc1cn(-c2ccccc2)nc1C(=O)O. The number of nitrogens with zero attached hydrogens (tertiary/aromatic N) is 2. The van der Waals surface area contributed by atoms with Crippen LogP contribution >= 0.6 is 11.8 Å². The molecule has 0 spiro atoms. The van der Waals surface area contributed by atoms with E-state index in [1.165, 1.54) is 4.68 Å². The van der Waals surface area contributed by atoms with E-state index in [1.807, 2.05) is 36.6 Å². The number of carboxylic acid groups (broad SMARTS) is 1. The number of hydrogen-bond acceptors (Lipinski definition) is 4. The number of para-hydroxylation sites is 1. The molecule has 106 valence electrons. The third-order valence-electron chi connectivity index (χ3n) is 2.65. The van der Waals surface area contributed by atoms with E-state index < -0.39 is 5.97 Å². The summed E-state index contributed by atoms with van der Waals surface area (Å²) in [6, 6.07) is 9.35. The molecule has 0 bridgehead atoms. The summed E-state index contributed by atoms with van der Waals surface area (Å²) < 4.78 is 7.05. The van der Waals surface area contributed by atoms with Crippen molar-refractivity contribution in [3.8, 4) is 11.4 Å². The Labute approximate surface area is 121 Å². The van der Waals surface area contributed by atoms with Crippen molar-refractivity contribution >= 4 is 17.7 Å². The molecule has 0 saturated carbocycles. The van der Waals surface area contributed by atoms with E-state index in [9.17, 15) is 4.79 Å². The predicted molar refractivity (Wildman–Crippen MR) is 79.0 cm³/mol. The van der Waals surface area contributed by atoms with Gasteiger partial charge in [0.15, 0.2) is 5.75 Å². The number of rotatable bonds is 7. The zero-order valence-corrected chi connectivity index (χ0v) is 12.0. The van der Waals surface area contributed by atoms with Crippen molar-refractivity contribution in [3.05, 3.63) is 42.2 Å². The van der Waals surface area contributed by atoms with E-state index in [1.54, 1.807) is 18.0 Å². The standard InChI is InChI=1S/C14H16N2O3S/c1-20-9-5-8-19-12-10-16(15-13(12)14(17)18)11-6-3-2-4-7-11/h2-4,6-7,10H,5,8-9H2,1H3,(H,17,18). The van der Waals surface area contributed by atoms with Gasteiger partial charge in [0.25, 0.3) is 0 Å². The zero-order chi connectivity index (χ0) is 14.4.